The number of carbonyl (C=O) groups is 3. The predicted octanol–water partition coefficient (Wildman–Crippen LogP) is 1.69. The van der Waals surface area contributed by atoms with E-state index < -0.39 is 23.2 Å². The maximum Gasteiger partial charge on any atom is 0.303 e. The zero-order valence-corrected chi connectivity index (χ0v) is 14.7. The van der Waals surface area contributed by atoms with Gasteiger partial charge in [-0.3, -0.25) is 14.4 Å². The largest absolute Gasteiger partial charge is 0.459 e. The molecule has 0 heterocycles. The summed E-state index contributed by atoms with van der Waals surface area (Å²) in [6.45, 7) is 12.0. The van der Waals surface area contributed by atoms with E-state index in [-0.39, 0.29) is 17.7 Å². The van der Waals surface area contributed by atoms with Gasteiger partial charge in [0.1, 0.15) is 6.10 Å². The van der Waals surface area contributed by atoms with Gasteiger partial charge in [0.15, 0.2) is 5.54 Å². The molecular weight excluding hydrogens is 296 g/mol. The highest BCUT2D eigenvalue weighted by molar-refractivity contribution is 5.92. The average Bonchev–Trinajstić information content (AvgIpc) is 2.37. The van der Waals surface area contributed by atoms with Crippen LogP contribution in [0.4, 0.5) is 0 Å². The molecule has 2 amide bonds. The first-order chi connectivity index (χ1) is 10.5. The van der Waals surface area contributed by atoms with Crippen LogP contribution in [0, 0.1) is 5.92 Å². The molecule has 1 saturated carbocycles. The van der Waals surface area contributed by atoms with Crippen LogP contribution in [0.5, 0.6) is 0 Å². The van der Waals surface area contributed by atoms with Gasteiger partial charge in [0.05, 0.1) is 0 Å². The average molecular weight is 324 g/mol. The van der Waals surface area contributed by atoms with Gasteiger partial charge in [-0.15, -0.1) is 6.58 Å². The van der Waals surface area contributed by atoms with Gasteiger partial charge in [-0.2, -0.15) is 0 Å². The summed E-state index contributed by atoms with van der Waals surface area (Å²) in [5, 5.41) is 5.67. The maximum atomic E-state index is 13.0. The zero-order chi connectivity index (χ0) is 17.8. The summed E-state index contributed by atoms with van der Waals surface area (Å²) in [6, 6.07) is 0. The second-order valence-corrected chi connectivity index (χ2v) is 7.23. The molecule has 1 aliphatic carbocycles. The SMILES string of the molecule is C=C[C@@H]1CC[C@H](OC(C)=O)[C@](NC(C)=O)(C(=O)NC(C)(C)C)C1. The van der Waals surface area contributed by atoms with Crippen molar-refractivity contribution in [2.75, 3.05) is 0 Å². The Labute approximate surface area is 138 Å². The Morgan fingerprint density at radius 1 is 1.22 bits per heavy atom. The van der Waals surface area contributed by atoms with Crippen molar-refractivity contribution in [3.63, 3.8) is 0 Å². The van der Waals surface area contributed by atoms with Gasteiger partial charge in [0.2, 0.25) is 11.8 Å². The first kappa shape index (κ1) is 19.2. The summed E-state index contributed by atoms with van der Waals surface area (Å²) in [5.74, 6) is -1.07. The summed E-state index contributed by atoms with van der Waals surface area (Å²) in [7, 11) is 0. The lowest BCUT2D eigenvalue weighted by Crippen LogP contribution is -2.69. The maximum absolute atomic E-state index is 13.0. The number of nitrogens with one attached hydrogen (secondary N) is 2. The quantitative estimate of drug-likeness (QED) is 0.609. The lowest BCUT2D eigenvalue weighted by atomic mass is 9.72. The van der Waals surface area contributed by atoms with Crippen LogP contribution in [-0.4, -0.2) is 35.0 Å². The van der Waals surface area contributed by atoms with Gasteiger partial charge in [-0.25, -0.2) is 0 Å². The number of hydrogen-bond acceptors (Lipinski definition) is 4. The number of hydrogen-bond donors (Lipinski definition) is 2. The molecule has 0 saturated heterocycles. The van der Waals surface area contributed by atoms with Crippen LogP contribution in [0.2, 0.25) is 0 Å². The van der Waals surface area contributed by atoms with Crippen molar-refractivity contribution < 1.29 is 19.1 Å². The van der Waals surface area contributed by atoms with E-state index in [4.69, 9.17) is 4.74 Å². The predicted molar refractivity (Wildman–Crippen MR) is 87.5 cm³/mol. The monoisotopic (exact) mass is 324 g/mol. The second-order valence-electron chi connectivity index (χ2n) is 7.23. The van der Waals surface area contributed by atoms with E-state index in [0.29, 0.717) is 12.8 Å². The van der Waals surface area contributed by atoms with Crippen molar-refractivity contribution in [2.45, 2.75) is 71.1 Å². The molecule has 0 aromatic carbocycles. The van der Waals surface area contributed by atoms with Crippen LogP contribution in [-0.2, 0) is 19.1 Å². The molecule has 1 fully saturated rings. The van der Waals surface area contributed by atoms with E-state index >= 15 is 0 Å². The fraction of sp³-hybridized carbons (Fsp3) is 0.706. The third kappa shape index (κ3) is 5.08. The van der Waals surface area contributed by atoms with E-state index in [1.54, 1.807) is 6.08 Å². The van der Waals surface area contributed by atoms with Crippen LogP contribution in [0.3, 0.4) is 0 Å². The molecule has 0 aromatic rings. The minimum Gasteiger partial charge on any atom is -0.459 e. The molecule has 0 unspecified atom stereocenters. The lowest BCUT2D eigenvalue weighted by Gasteiger charge is -2.45. The van der Waals surface area contributed by atoms with Crippen molar-refractivity contribution in [1.29, 1.82) is 0 Å². The summed E-state index contributed by atoms with van der Waals surface area (Å²) in [6.07, 6.45) is 2.70. The summed E-state index contributed by atoms with van der Waals surface area (Å²) < 4.78 is 5.39. The van der Waals surface area contributed by atoms with Crippen molar-refractivity contribution in [1.82, 2.24) is 10.6 Å². The Morgan fingerprint density at radius 2 is 1.83 bits per heavy atom. The summed E-state index contributed by atoms with van der Waals surface area (Å²) in [4.78, 5) is 36.2. The number of allylic oxidation sites excluding steroid dienone is 1. The van der Waals surface area contributed by atoms with Crippen molar-refractivity contribution in [3.05, 3.63) is 12.7 Å². The van der Waals surface area contributed by atoms with Gasteiger partial charge in [0.25, 0.3) is 0 Å². The second kappa shape index (κ2) is 7.15. The molecule has 1 aliphatic rings. The summed E-state index contributed by atoms with van der Waals surface area (Å²) >= 11 is 0. The van der Waals surface area contributed by atoms with Gasteiger partial charge < -0.3 is 15.4 Å². The Morgan fingerprint density at radius 3 is 2.26 bits per heavy atom. The smallest absolute Gasteiger partial charge is 0.303 e. The van der Waals surface area contributed by atoms with Gasteiger partial charge in [-0.1, -0.05) is 6.08 Å². The minimum absolute atomic E-state index is 0.0689. The van der Waals surface area contributed by atoms with Crippen LogP contribution in [0.1, 0.15) is 53.9 Å². The fourth-order valence-corrected chi connectivity index (χ4v) is 3.01. The number of amides is 2. The highest BCUT2D eigenvalue weighted by Gasteiger charge is 2.52. The molecule has 1 rings (SSSR count). The van der Waals surface area contributed by atoms with E-state index in [1.807, 2.05) is 20.8 Å². The zero-order valence-electron chi connectivity index (χ0n) is 14.7. The minimum atomic E-state index is -1.28. The van der Waals surface area contributed by atoms with Crippen LogP contribution < -0.4 is 10.6 Å². The van der Waals surface area contributed by atoms with E-state index in [1.165, 1.54) is 13.8 Å². The number of carbonyl (C=O) groups excluding carboxylic acids is 3. The Kier molecular flexibility index (Phi) is 5.97. The Bertz CT molecular complexity index is 495. The molecule has 6 heteroatoms. The molecule has 130 valence electrons. The molecule has 2 N–H and O–H groups in total. The fourth-order valence-electron chi connectivity index (χ4n) is 3.01. The van der Waals surface area contributed by atoms with Crippen LogP contribution >= 0.6 is 0 Å². The number of rotatable bonds is 4. The van der Waals surface area contributed by atoms with Gasteiger partial charge in [-0.05, 0) is 46.0 Å². The molecule has 3 atom stereocenters. The summed E-state index contributed by atoms with van der Waals surface area (Å²) in [5.41, 5.74) is -1.74. The molecule has 0 aliphatic heterocycles. The highest BCUT2D eigenvalue weighted by atomic mass is 16.5. The number of esters is 1. The third-order valence-electron chi connectivity index (χ3n) is 3.87. The molecule has 0 aromatic heterocycles. The first-order valence-corrected chi connectivity index (χ1v) is 7.91. The highest BCUT2D eigenvalue weighted by Crippen LogP contribution is 2.36. The van der Waals surface area contributed by atoms with E-state index in [9.17, 15) is 14.4 Å². The van der Waals surface area contributed by atoms with Gasteiger partial charge in [0, 0.05) is 19.4 Å². The first-order valence-electron chi connectivity index (χ1n) is 7.91. The van der Waals surface area contributed by atoms with Gasteiger partial charge >= 0.3 is 5.97 Å². The standard InChI is InChI=1S/C17H28N2O4/c1-7-13-8-9-14(23-12(3)21)17(10-13,18-11(2)20)15(22)19-16(4,5)6/h7,13-14H,1,8-10H2,2-6H3,(H,18,20)(H,19,22)/t13-,14+,17+/m1/s1. The Hall–Kier alpha value is -1.85. The molecule has 0 spiro atoms. The molecule has 6 nitrogen and oxygen atoms in total. The third-order valence-corrected chi connectivity index (χ3v) is 3.87. The molecular formula is C17H28N2O4. The van der Waals surface area contributed by atoms with Crippen molar-refractivity contribution >= 4 is 17.8 Å². The van der Waals surface area contributed by atoms with E-state index in [2.05, 4.69) is 17.2 Å². The number of ether oxygens (including phenoxy) is 1. The van der Waals surface area contributed by atoms with Crippen LogP contribution in [0.25, 0.3) is 0 Å². The molecule has 23 heavy (non-hydrogen) atoms. The van der Waals surface area contributed by atoms with E-state index in [0.717, 1.165) is 6.42 Å². The topological polar surface area (TPSA) is 84.5 Å². The lowest BCUT2D eigenvalue weighted by molar-refractivity contribution is -0.161. The molecule has 0 radical (unpaired) electrons. The normalized spacial score (nSPS) is 27.7. The Balaban J connectivity index is 3.26. The van der Waals surface area contributed by atoms with Crippen molar-refractivity contribution in [2.24, 2.45) is 5.92 Å². The van der Waals surface area contributed by atoms with Crippen molar-refractivity contribution in [3.8, 4) is 0 Å². The van der Waals surface area contributed by atoms with Crippen LogP contribution in [0.15, 0.2) is 12.7 Å². The molecule has 0 bridgehead atoms.